The number of fused-ring (bicyclic) bond motifs is 1. The summed E-state index contributed by atoms with van der Waals surface area (Å²) in [6.45, 7) is 0.153. The molecule has 2 aromatic heterocycles. The van der Waals surface area contributed by atoms with Crippen molar-refractivity contribution in [3.05, 3.63) is 51.9 Å². The van der Waals surface area contributed by atoms with Crippen molar-refractivity contribution in [2.75, 3.05) is 13.1 Å². The standard InChI is InChI=1S/C18H15ClF2N4O2/c19-13-2-1-10(5-14(13)21)12-6-22-17-16(12)18(27)25(9-23-17)8-15(26)24-4-3-11(20)7-24/h1-2,5-6,9,11,22H,3-4,7-8H2. The van der Waals surface area contributed by atoms with Crippen LogP contribution in [0.4, 0.5) is 8.78 Å². The summed E-state index contributed by atoms with van der Waals surface area (Å²) in [7, 11) is 0. The zero-order valence-corrected chi connectivity index (χ0v) is 14.8. The summed E-state index contributed by atoms with van der Waals surface area (Å²) in [4.78, 5) is 33.7. The lowest BCUT2D eigenvalue weighted by molar-refractivity contribution is -0.131. The Bertz CT molecular complexity index is 1090. The van der Waals surface area contributed by atoms with E-state index in [9.17, 15) is 18.4 Å². The summed E-state index contributed by atoms with van der Waals surface area (Å²) in [6.07, 6.45) is 2.11. The molecule has 0 saturated carbocycles. The van der Waals surface area contributed by atoms with E-state index in [0.717, 1.165) is 0 Å². The van der Waals surface area contributed by atoms with Gasteiger partial charge >= 0.3 is 0 Å². The highest BCUT2D eigenvalue weighted by Crippen LogP contribution is 2.28. The van der Waals surface area contributed by atoms with Crippen molar-refractivity contribution >= 4 is 28.5 Å². The van der Waals surface area contributed by atoms with Crippen LogP contribution in [0, 0.1) is 5.82 Å². The Kier molecular flexibility index (Phi) is 4.43. The summed E-state index contributed by atoms with van der Waals surface area (Å²) in [5.74, 6) is -0.939. The normalized spacial score (nSPS) is 17.0. The Hall–Kier alpha value is -2.74. The molecule has 9 heteroatoms. The van der Waals surface area contributed by atoms with E-state index in [4.69, 9.17) is 11.6 Å². The molecule has 4 rings (SSSR count). The van der Waals surface area contributed by atoms with Crippen LogP contribution in [-0.4, -0.2) is 44.6 Å². The summed E-state index contributed by atoms with van der Waals surface area (Å²) < 4.78 is 28.3. The molecule has 1 aromatic carbocycles. The molecule has 0 aliphatic carbocycles. The number of likely N-dealkylation sites (tertiary alicyclic amines) is 1. The zero-order chi connectivity index (χ0) is 19.1. The van der Waals surface area contributed by atoms with E-state index in [1.54, 1.807) is 12.3 Å². The highest BCUT2D eigenvalue weighted by atomic mass is 35.5. The minimum atomic E-state index is -1.03. The highest BCUT2D eigenvalue weighted by Gasteiger charge is 2.26. The number of benzene rings is 1. The van der Waals surface area contributed by atoms with Crippen LogP contribution in [-0.2, 0) is 11.3 Å². The molecular weight excluding hydrogens is 378 g/mol. The third kappa shape index (κ3) is 3.21. The number of carbonyl (C=O) groups is 1. The maximum Gasteiger partial charge on any atom is 0.263 e. The van der Waals surface area contributed by atoms with Crippen LogP contribution in [0.15, 0.2) is 35.5 Å². The summed E-state index contributed by atoms with van der Waals surface area (Å²) >= 11 is 5.72. The van der Waals surface area contributed by atoms with Crippen LogP contribution >= 0.6 is 11.6 Å². The van der Waals surface area contributed by atoms with Gasteiger partial charge < -0.3 is 9.88 Å². The molecule has 0 radical (unpaired) electrons. The molecule has 1 aliphatic rings. The average molecular weight is 393 g/mol. The van der Waals surface area contributed by atoms with Gasteiger partial charge in [0.1, 0.15) is 30.5 Å². The van der Waals surface area contributed by atoms with Crippen LogP contribution in [0.1, 0.15) is 6.42 Å². The molecule has 1 saturated heterocycles. The van der Waals surface area contributed by atoms with E-state index in [2.05, 4.69) is 9.97 Å². The quantitative estimate of drug-likeness (QED) is 0.745. The van der Waals surface area contributed by atoms with Gasteiger partial charge in [-0.3, -0.25) is 14.2 Å². The van der Waals surface area contributed by atoms with Crippen molar-refractivity contribution in [2.24, 2.45) is 0 Å². The second-order valence-electron chi connectivity index (χ2n) is 6.46. The second-order valence-corrected chi connectivity index (χ2v) is 6.87. The van der Waals surface area contributed by atoms with E-state index in [-0.39, 0.29) is 29.4 Å². The lowest BCUT2D eigenvalue weighted by atomic mass is 10.1. The average Bonchev–Trinajstić information content (AvgIpc) is 3.26. The number of H-pyrrole nitrogens is 1. The van der Waals surface area contributed by atoms with Gasteiger partial charge in [-0.2, -0.15) is 0 Å². The zero-order valence-electron chi connectivity index (χ0n) is 14.1. The number of nitrogens with zero attached hydrogens (tertiary/aromatic N) is 3. The van der Waals surface area contributed by atoms with Gasteiger partial charge in [0.2, 0.25) is 5.91 Å². The van der Waals surface area contributed by atoms with Crippen molar-refractivity contribution in [3.8, 4) is 11.1 Å². The lowest BCUT2D eigenvalue weighted by Gasteiger charge is -2.15. The Labute approximate surface area is 157 Å². The van der Waals surface area contributed by atoms with E-state index in [1.807, 2.05) is 0 Å². The molecule has 1 unspecified atom stereocenters. The van der Waals surface area contributed by atoms with Crippen molar-refractivity contribution < 1.29 is 13.6 Å². The molecule has 0 spiro atoms. The van der Waals surface area contributed by atoms with Crippen LogP contribution in [0.2, 0.25) is 5.02 Å². The van der Waals surface area contributed by atoms with Gasteiger partial charge in [-0.25, -0.2) is 13.8 Å². The molecule has 0 bridgehead atoms. The first-order valence-electron chi connectivity index (χ1n) is 8.38. The molecule has 3 heterocycles. The Balaban J connectivity index is 1.72. The van der Waals surface area contributed by atoms with E-state index in [1.165, 1.54) is 27.9 Å². The van der Waals surface area contributed by atoms with Gasteiger partial charge in [-0.05, 0) is 24.1 Å². The molecule has 6 nitrogen and oxygen atoms in total. The lowest BCUT2D eigenvalue weighted by Crippen LogP contribution is -2.35. The maximum atomic E-state index is 13.8. The minimum absolute atomic E-state index is 0.0171. The van der Waals surface area contributed by atoms with Gasteiger partial charge in [0.15, 0.2) is 0 Å². The third-order valence-electron chi connectivity index (χ3n) is 4.68. The minimum Gasteiger partial charge on any atom is -0.345 e. The number of hydrogen-bond donors (Lipinski definition) is 1. The molecule has 3 aromatic rings. The topological polar surface area (TPSA) is 71.0 Å². The molecule has 1 amide bonds. The second kappa shape index (κ2) is 6.77. The van der Waals surface area contributed by atoms with Crippen LogP contribution in [0.25, 0.3) is 22.2 Å². The van der Waals surface area contributed by atoms with Gasteiger partial charge in [-0.15, -0.1) is 0 Å². The number of aromatic nitrogens is 3. The number of amides is 1. The van der Waals surface area contributed by atoms with Crippen LogP contribution in [0.5, 0.6) is 0 Å². The van der Waals surface area contributed by atoms with Gasteiger partial charge in [0, 0.05) is 18.3 Å². The van der Waals surface area contributed by atoms with Crippen molar-refractivity contribution in [3.63, 3.8) is 0 Å². The molecule has 1 aliphatic heterocycles. The molecule has 1 atom stereocenters. The molecule has 27 heavy (non-hydrogen) atoms. The summed E-state index contributed by atoms with van der Waals surface area (Å²) in [6, 6.07) is 4.24. The first-order valence-corrected chi connectivity index (χ1v) is 8.75. The number of alkyl halides is 1. The first kappa shape index (κ1) is 17.7. The fourth-order valence-corrected chi connectivity index (χ4v) is 3.37. The fraction of sp³-hybridized carbons (Fsp3) is 0.278. The Morgan fingerprint density at radius 2 is 2.22 bits per heavy atom. The van der Waals surface area contributed by atoms with Crippen molar-refractivity contribution in [1.82, 2.24) is 19.4 Å². The highest BCUT2D eigenvalue weighted by molar-refractivity contribution is 6.30. The van der Waals surface area contributed by atoms with Gasteiger partial charge in [0.05, 0.1) is 17.0 Å². The van der Waals surface area contributed by atoms with Crippen molar-refractivity contribution in [2.45, 2.75) is 19.1 Å². The maximum absolute atomic E-state index is 13.8. The van der Waals surface area contributed by atoms with Crippen LogP contribution < -0.4 is 5.56 Å². The number of hydrogen-bond acceptors (Lipinski definition) is 3. The predicted molar refractivity (Wildman–Crippen MR) is 96.9 cm³/mol. The Morgan fingerprint density at radius 3 is 2.93 bits per heavy atom. The fourth-order valence-electron chi connectivity index (χ4n) is 3.25. The van der Waals surface area contributed by atoms with E-state index in [0.29, 0.717) is 29.7 Å². The van der Waals surface area contributed by atoms with E-state index < -0.39 is 17.5 Å². The van der Waals surface area contributed by atoms with Gasteiger partial charge in [0.25, 0.3) is 5.56 Å². The Morgan fingerprint density at radius 1 is 1.41 bits per heavy atom. The first-order chi connectivity index (χ1) is 12.9. The van der Waals surface area contributed by atoms with Crippen LogP contribution in [0.3, 0.4) is 0 Å². The number of rotatable bonds is 3. The third-order valence-corrected chi connectivity index (χ3v) is 4.99. The number of nitrogens with one attached hydrogen (secondary N) is 1. The van der Waals surface area contributed by atoms with E-state index >= 15 is 0 Å². The SMILES string of the molecule is O=C(Cn1cnc2[nH]cc(-c3ccc(Cl)c(F)c3)c2c1=O)N1CCC(F)C1. The largest absolute Gasteiger partial charge is 0.345 e. The smallest absolute Gasteiger partial charge is 0.263 e. The monoisotopic (exact) mass is 392 g/mol. The number of halogens is 3. The number of carbonyl (C=O) groups excluding carboxylic acids is 1. The van der Waals surface area contributed by atoms with Crippen molar-refractivity contribution in [1.29, 1.82) is 0 Å². The molecule has 1 fully saturated rings. The predicted octanol–water partition coefficient (Wildman–Crippen LogP) is 2.75. The summed E-state index contributed by atoms with van der Waals surface area (Å²) in [5.41, 5.74) is 0.825. The molecular formula is C18H15ClF2N4O2. The molecule has 140 valence electrons. The summed E-state index contributed by atoms with van der Waals surface area (Å²) in [5, 5.41) is 0.230. The van der Waals surface area contributed by atoms with Gasteiger partial charge in [-0.1, -0.05) is 17.7 Å². The number of aromatic amines is 1. The molecule has 1 N–H and O–H groups in total.